The number of hydrogen-bond donors (Lipinski definition) is 0. The third-order valence-electron chi connectivity index (χ3n) is 2.40. The van der Waals surface area contributed by atoms with Crippen LogP contribution in [-0.4, -0.2) is 41.2 Å². The normalized spacial score (nSPS) is 15.4. The van der Waals surface area contributed by atoms with E-state index in [1.807, 2.05) is 0 Å². The summed E-state index contributed by atoms with van der Waals surface area (Å²) in [6, 6.07) is 0. The molecular formula is C10H11F9OS. The van der Waals surface area contributed by atoms with Gasteiger partial charge in [-0.2, -0.15) is 26.3 Å². The van der Waals surface area contributed by atoms with Crippen LogP contribution in [0.5, 0.6) is 0 Å². The maximum absolute atomic E-state index is 13.1. The van der Waals surface area contributed by atoms with Crippen LogP contribution in [0.25, 0.3) is 0 Å². The zero-order valence-corrected chi connectivity index (χ0v) is 11.3. The fourth-order valence-electron chi connectivity index (χ4n) is 1.10. The van der Waals surface area contributed by atoms with Crippen LogP contribution in [0.2, 0.25) is 0 Å². The van der Waals surface area contributed by atoms with Crippen LogP contribution < -0.4 is 0 Å². The summed E-state index contributed by atoms with van der Waals surface area (Å²) in [5, 5.41) is -0.621. The van der Waals surface area contributed by atoms with E-state index in [1.165, 1.54) is 6.92 Å². The number of thioether (sulfide) groups is 1. The van der Waals surface area contributed by atoms with Crippen molar-refractivity contribution >= 4 is 16.9 Å². The molecule has 0 aromatic rings. The van der Waals surface area contributed by atoms with Gasteiger partial charge in [-0.05, 0) is 0 Å². The second-order valence-corrected chi connectivity index (χ2v) is 5.14. The topological polar surface area (TPSA) is 17.1 Å². The zero-order chi connectivity index (χ0) is 17.1. The second kappa shape index (κ2) is 7.10. The van der Waals surface area contributed by atoms with Gasteiger partial charge in [0.15, 0.2) is 5.12 Å². The van der Waals surface area contributed by atoms with E-state index in [9.17, 15) is 44.3 Å². The molecule has 0 rings (SSSR count). The lowest BCUT2D eigenvalue weighted by molar-refractivity contribution is -0.296. The van der Waals surface area contributed by atoms with Crippen LogP contribution >= 0.6 is 11.8 Å². The molecule has 1 atom stereocenters. The van der Waals surface area contributed by atoms with E-state index in [0.29, 0.717) is 0 Å². The first kappa shape index (κ1) is 20.4. The summed E-state index contributed by atoms with van der Waals surface area (Å²) in [6.45, 7) is 1.36. The highest BCUT2D eigenvalue weighted by molar-refractivity contribution is 8.13. The van der Waals surface area contributed by atoms with Crippen molar-refractivity contribution in [3.63, 3.8) is 0 Å². The monoisotopic (exact) mass is 350 g/mol. The highest BCUT2D eigenvalue weighted by Crippen LogP contribution is 2.47. The Balaban J connectivity index is 4.97. The van der Waals surface area contributed by atoms with E-state index in [-0.39, 0.29) is 18.2 Å². The minimum absolute atomic E-state index is 0.0815. The molecule has 11 heteroatoms. The third kappa shape index (κ3) is 4.68. The number of carbonyl (C=O) groups is 1. The van der Waals surface area contributed by atoms with Gasteiger partial charge in [0, 0.05) is 18.6 Å². The molecule has 0 amide bonds. The van der Waals surface area contributed by atoms with Crippen LogP contribution in [0.1, 0.15) is 19.8 Å². The molecule has 0 aliphatic rings. The third-order valence-corrected chi connectivity index (χ3v) is 3.42. The Morgan fingerprint density at radius 3 is 1.90 bits per heavy atom. The smallest absolute Gasteiger partial charge is 0.287 e. The van der Waals surface area contributed by atoms with Gasteiger partial charge in [0.1, 0.15) is 0 Å². The molecule has 21 heavy (non-hydrogen) atoms. The molecule has 1 unspecified atom stereocenters. The van der Waals surface area contributed by atoms with Crippen molar-refractivity contribution in [1.82, 2.24) is 0 Å². The highest BCUT2D eigenvalue weighted by atomic mass is 32.2. The molecule has 0 saturated carbocycles. The molecular weight excluding hydrogens is 339 g/mol. The summed E-state index contributed by atoms with van der Waals surface area (Å²) in [7, 11) is 0. The molecule has 0 aliphatic heterocycles. The average Bonchev–Trinajstić information content (AvgIpc) is 2.36. The molecule has 126 valence electrons. The largest absolute Gasteiger partial charge is 0.346 e. The van der Waals surface area contributed by atoms with E-state index in [2.05, 4.69) is 0 Å². The molecule has 0 fully saturated rings. The first-order valence-corrected chi connectivity index (χ1v) is 6.50. The SMILES string of the molecule is CCC(=O)SCCC(F)(F)C(F)(F)C(F)C(F)(F)C(F)F. The molecule has 0 aromatic heterocycles. The van der Waals surface area contributed by atoms with Gasteiger partial charge in [0.2, 0.25) is 6.17 Å². The average molecular weight is 350 g/mol. The van der Waals surface area contributed by atoms with Crippen molar-refractivity contribution in [1.29, 1.82) is 0 Å². The fourth-order valence-corrected chi connectivity index (χ4v) is 1.89. The van der Waals surface area contributed by atoms with Gasteiger partial charge in [-0.3, -0.25) is 4.79 Å². The fraction of sp³-hybridized carbons (Fsp3) is 0.900. The number of halogens is 9. The van der Waals surface area contributed by atoms with E-state index in [4.69, 9.17) is 0 Å². The molecule has 1 nitrogen and oxygen atoms in total. The van der Waals surface area contributed by atoms with Gasteiger partial charge < -0.3 is 0 Å². The van der Waals surface area contributed by atoms with Gasteiger partial charge in [0.05, 0.1) is 0 Å². The summed E-state index contributed by atoms with van der Waals surface area (Å²) in [4.78, 5) is 10.8. The molecule has 0 saturated heterocycles. The number of alkyl halides is 9. The lowest BCUT2D eigenvalue weighted by Gasteiger charge is -2.32. The van der Waals surface area contributed by atoms with Crippen molar-refractivity contribution < 1.29 is 44.3 Å². The summed E-state index contributed by atoms with van der Waals surface area (Å²) in [6.07, 6.45) is -11.8. The zero-order valence-electron chi connectivity index (χ0n) is 10.5. The molecule has 0 aliphatic carbocycles. The highest BCUT2D eigenvalue weighted by Gasteiger charge is 2.70. The van der Waals surface area contributed by atoms with E-state index >= 15 is 0 Å². The van der Waals surface area contributed by atoms with Crippen LogP contribution in [0.15, 0.2) is 0 Å². The maximum atomic E-state index is 13.1. The summed E-state index contributed by atoms with van der Waals surface area (Å²) < 4.78 is 114. The minimum Gasteiger partial charge on any atom is -0.287 e. The quantitative estimate of drug-likeness (QED) is 0.597. The van der Waals surface area contributed by atoms with E-state index in [0.717, 1.165) is 0 Å². The first-order chi connectivity index (χ1) is 9.30. The molecule has 0 aromatic carbocycles. The molecule has 0 heterocycles. The predicted octanol–water partition coefficient (Wildman–Crippen LogP) is 4.56. The molecule has 0 spiro atoms. The summed E-state index contributed by atoms with van der Waals surface area (Å²) >= 11 is 0.235. The van der Waals surface area contributed by atoms with Crippen LogP contribution in [-0.2, 0) is 4.79 Å². The minimum atomic E-state index is -6.00. The Labute approximate surface area is 118 Å². The Kier molecular flexibility index (Phi) is 6.89. The van der Waals surface area contributed by atoms with Gasteiger partial charge in [0.25, 0.3) is 0 Å². The van der Waals surface area contributed by atoms with Crippen molar-refractivity contribution in [2.75, 3.05) is 5.75 Å². The van der Waals surface area contributed by atoms with Gasteiger partial charge in [-0.25, -0.2) is 13.2 Å². The van der Waals surface area contributed by atoms with Gasteiger partial charge in [-0.1, -0.05) is 18.7 Å². The Morgan fingerprint density at radius 2 is 1.52 bits per heavy atom. The molecule has 0 radical (unpaired) electrons. The molecule has 0 N–H and O–H groups in total. The predicted molar refractivity (Wildman–Crippen MR) is 58.1 cm³/mol. The van der Waals surface area contributed by atoms with E-state index < -0.39 is 47.7 Å². The van der Waals surface area contributed by atoms with Crippen molar-refractivity contribution in [2.24, 2.45) is 0 Å². The number of hydrogen-bond acceptors (Lipinski definition) is 2. The van der Waals surface area contributed by atoms with Crippen LogP contribution in [0.3, 0.4) is 0 Å². The van der Waals surface area contributed by atoms with Crippen molar-refractivity contribution in [3.8, 4) is 0 Å². The van der Waals surface area contributed by atoms with E-state index in [1.54, 1.807) is 0 Å². The Morgan fingerprint density at radius 1 is 1.05 bits per heavy atom. The van der Waals surface area contributed by atoms with Gasteiger partial charge in [-0.15, -0.1) is 0 Å². The number of carbonyl (C=O) groups excluding carboxylic acids is 1. The van der Waals surface area contributed by atoms with Crippen LogP contribution in [0.4, 0.5) is 39.5 Å². The maximum Gasteiger partial charge on any atom is 0.346 e. The van der Waals surface area contributed by atoms with Crippen molar-refractivity contribution in [3.05, 3.63) is 0 Å². The lowest BCUT2D eigenvalue weighted by Crippen LogP contribution is -2.57. The summed E-state index contributed by atoms with van der Waals surface area (Å²) in [5.41, 5.74) is 0. The lowest BCUT2D eigenvalue weighted by atomic mass is 10.00. The van der Waals surface area contributed by atoms with Crippen molar-refractivity contribution in [2.45, 2.75) is 50.1 Å². The summed E-state index contributed by atoms with van der Waals surface area (Å²) in [5.74, 6) is -18.1. The standard InChI is InChI=1S/C10H11F9OS/c1-2-5(20)21-4-3-8(14,15)10(18,19)6(11)9(16,17)7(12)13/h6-7H,2-4H2,1H3. The van der Waals surface area contributed by atoms with Gasteiger partial charge >= 0.3 is 24.2 Å². The number of rotatable bonds is 8. The van der Waals surface area contributed by atoms with Crippen LogP contribution in [0, 0.1) is 0 Å². The second-order valence-electron chi connectivity index (χ2n) is 3.99. The Bertz CT molecular complexity index is 358. The first-order valence-electron chi connectivity index (χ1n) is 5.52. The Hall–Kier alpha value is -0.610. The molecule has 0 bridgehead atoms.